The van der Waals surface area contributed by atoms with Gasteiger partial charge in [-0.05, 0) is 135 Å². The van der Waals surface area contributed by atoms with Gasteiger partial charge in [-0.25, -0.2) is 0 Å². The molecule has 0 radical (unpaired) electrons. The van der Waals surface area contributed by atoms with Crippen LogP contribution >= 0.6 is 0 Å². The smallest absolute Gasteiger partial charge is 0.446 e. The monoisotopic (exact) mass is 614 g/mol. The van der Waals surface area contributed by atoms with Gasteiger partial charge in [-0.1, -0.05) is 53.2 Å². The second kappa shape index (κ2) is 9.96. The zero-order chi connectivity index (χ0) is 31.4. The largest absolute Gasteiger partial charge is 0.508 e. The summed E-state index contributed by atoms with van der Waals surface area (Å²) in [5.41, 5.74) is 2.99. The van der Waals surface area contributed by atoms with E-state index in [1.165, 1.54) is 30.5 Å². The van der Waals surface area contributed by atoms with Crippen molar-refractivity contribution in [1.29, 1.82) is 0 Å². The van der Waals surface area contributed by atoms with E-state index in [0.29, 0.717) is 24.2 Å². The summed E-state index contributed by atoms with van der Waals surface area (Å²) < 4.78 is 38.0. The van der Waals surface area contributed by atoms with E-state index >= 15 is 0 Å². The van der Waals surface area contributed by atoms with Crippen LogP contribution in [0.15, 0.2) is 23.8 Å². The number of aliphatic hydroxyl groups is 1. The molecule has 7 heteroatoms. The molecule has 6 rings (SSSR count). The Morgan fingerprint density at radius 2 is 1.56 bits per heavy atom. The Kier molecular flexibility index (Phi) is 7.28. The second-order valence-corrected chi connectivity index (χ2v) is 18.0. The quantitative estimate of drug-likeness (QED) is 0.228. The summed E-state index contributed by atoms with van der Waals surface area (Å²) in [5, 5.41) is 22.8. The molecule has 5 aliphatic carbocycles. The number of phenols is 1. The van der Waals surface area contributed by atoms with Crippen molar-refractivity contribution in [2.45, 2.75) is 131 Å². The first-order valence-electron chi connectivity index (χ1n) is 16.7. The highest BCUT2D eigenvalue weighted by Gasteiger charge is 2.67. The molecular weight excluding hydrogens is 560 g/mol. The molecule has 0 aromatic heterocycles. The molecule has 9 unspecified atom stereocenters. The van der Waals surface area contributed by atoms with Gasteiger partial charge >= 0.3 is 10.4 Å². The lowest BCUT2D eigenvalue weighted by Gasteiger charge is -2.68. The Hall–Kier alpha value is -1.57. The van der Waals surface area contributed by atoms with Crippen molar-refractivity contribution in [3.63, 3.8) is 0 Å². The van der Waals surface area contributed by atoms with Crippen LogP contribution in [0.2, 0.25) is 0 Å². The Balaban J connectivity index is 1.32. The summed E-state index contributed by atoms with van der Waals surface area (Å²) in [7, 11) is -4.68. The van der Waals surface area contributed by atoms with Gasteiger partial charge in [0, 0.05) is 16.5 Å². The normalized spacial score (nSPS) is 43.6. The van der Waals surface area contributed by atoms with Crippen molar-refractivity contribution in [1.82, 2.24) is 0 Å². The van der Waals surface area contributed by atoms with E-state index in [1.807, 2.05) is 0 Å². The standard InChI is InChI=1S/C36H54O6S/c1-22-9-8-16-32(2,3)24(22)12-17-35(6)28-13-18-34(5)27(33(28,4)20-15-30(35)38)14-19-36(7)29(34)21-23-26(42-43(39,40)41)11-10-25(37)31(23)36/h9-11,24,27-30,37-38H,8,12-21H2,1-7H3,(H,39,40,41). The van der Waals surface area contributed by atoms with Gasteiger partial charge in [-0.15, -0.1) is 0 Å². The first kappa shape index (κ1) is 31.4. The lowest BCUT2D eigenvalue weighted by atomic mass is 9.36. The molecule has 43 heavy (non-hydrogen) atoms. The van der Waals surface area contributed by atoms with E-state index in [4.69, 9.17) is 4.18 Å². The molecule has 0 heterocycles. The first-order chi connectivity index (χ1) is 19.9. The van der Waals surface area contributed by atoms with E-state index < -0.39 is 10.4 Å². The average Bonchev–Trinajstić information content (AvgIpc) is 3.22. The minimum atomic E-state index is -4.68. The molecule has 3 N–H and O–H groups in total. The van der Waals surface area contributed by atoms with Crippen molar-refractivity contribution < 1.29 is 27.4 Å². The predicted molar refractivity (Wildman–Crippen MR) is 169 cm³/mol. The van der Waals surface area contributed by atoms with Crippen molar-refractivity contribution in [3.8, 4) is 11.5 Å². The van der Waals surface area contributed by atoms with Gasteiger partial charge in [0.15, 0.2) is 0 Å². The molecule has 240 valence electrons. The zero-order valence-electron chi connectivity index (χ0n) is 27.4. The second-order valence-electron chi connectivity index (χ2n) is 16.9. The lowest BCUT2D eigenvalue weighted by molar-refractivity contribution is -0.208. The summed E-state index contributed by atoms with van der Waals surface area (Å²) >= 11 is 0. The highest BCUT2D eigenvalue weighted by Crippen LogP contribution is 2.74. The van der Waals surface area contributed by atoms with E-state index in [-0.39, 0.29) is 50.6 Å². The van der Waals surface area contributed by atoms with Gasteiger partial charge < -0.3 is 14.4 Å². The Bertz CT molecular complexity index is 1430. The number of aliphatic hydroxyl groups excluding tert-OH is 1. The maximum atomic E-state index is 11.7. The molecule has 3 fully saturated rings. The minimum Gasteiger partial charge on any atom is -0.508 e. The molecule has 0 spiro atoms. The van der Waals surface area contributed by atoms with Crippen molar-refractivity contribution in [2.75, 3.05) is 0 Å². The number of allylic oxidation sites excluding steroid dienone is 2. The number of aromatic hydroxyl groups is 1. The number of rotatable bonds is 5. The van der Waals surface area contributed by atoms with Crippen LogP contribution in [-0.4, -0.2) is 29.3 Å². The highest BCUT2D eigenvalue weighted by molar-refractivity contribution is 7.81. The van der Waals surface area contributed by atoms with Gasteiger partial charge in [-0.3, -0.25) is 4.55 Å². The van der Waals surface area contributed by atoms with Crippen molar-refractivity contribution >= 4 is 10.4 Å². The SMILES string of the molecule is CC1=CCCC(C)(C)C1CCC1(C)C(O)CCC2(C)C1CCC1(C)C3Cc4c(OS(=O)(=O)O)ccc(O)c4C3(C)CCC12. The number of phenolic OH excluding ortho intramolecular Hbond substituents is 1. The van der Waals surface area contributed by atoms with Crippen LogP contribution in [-0.2, 0) is 22.2 Å². The zero-order valence-corrected chi connectivity index (χ0v) is 28.2. The number of hydrogen-bond acceptors (Lipinski definition) is 5. The predicted octanol–water partition coefficient (Wildman–Crippen LogP) is 8.16. The summed E-state index contributed by atoms with van der Waals surface area (Å²) in [6.45, 7) is 16.8. The summed E-state index contributed by atoms with van der Waals surface area (Å²) in [6, 6.07) is 2.98. The molecule has 5 aliphatic rings. The molecule has 0 aliphatic heterocycles. The van der Waals surface area contributed by atoms with Crippen LogP contribution < -0.4 is 4.18 Å². The summed E-state index contributed by atoms with van der Waals surface area (Å²) in [5.74, 6) is 2.02. The molecule has 1 aromatic carbocycles. The third kappa shape index (κ3) is 4.64. The van der Waals surface area contributed by atoms with Gasteiger partial charge in [-0.2, -0.15) is 8.42 Å². The third-order valence-corrected chi connectivity index (χ3v) is 14.9. The number of fused-ring (bicyclic) bond motifs is 7. The van der Waals surface area contributed by atoms with Crippen LogP contribution in [0.5, 0.6) is 11.5 Å². The fourth-order valence-corrected chi connectivity index (χ4v) is 12.8. The van der Waals surface area contributed by atoms with Crippen LogP contribution in [0, 0.1) is 45.3 Å². The Labute approximate surface area is 259 Å². The summed E-state index contributed by atoms with van der Waals surface area (Å²) in [4.78, 5) is 0. The molecule has 0 amide bonds. The average molecular weight is 615 g/mol. The van der Waals surface area contributed by atoms with E-state index in [1.54, 1.807) is 0 Å². The molecular formula is C36H54O6S. The molecule has 3 saturated carbocycles. The summed E-state index contributed by atoms with van der Waals surface area (Å²) in [6.07, 6.45) is 13.3. The number of hydrogen-bond donors (Lipinski definition) is 3. The number of benzene rings is 1. The van der Waals surface area contributed by atoms with Gasteiger partial charge in [0.1, 0.15) is 11.5 Å². The molecule has 1 aromatic rings. The Morgan fingerprint density at radius 3 is 2.23 bits per heavy atom. The third-order valence-electron chi connectivity index (χ3n) is 14.5. The van der Waals surface area contributed by atoms with Crippen molar-refractivity contribution in [2.24, 2.45) is 45.3 Å². The van der Waals surface area contributed by atoms with E-state index in [0.717, 1.165) is 62.5 Å². The first-order valence-corrected chi connectivity index (χ1v) is 18.1. The lowest BCUT2D eigenvalue weighted by Crippen LogP contribution is -2.63. The van der Waals surface area contributed by atoms with E-state index in [2.05, 4.69) is 54.5 Å². The van der Waals surface area contributed by atoms with Crippen LogP contribution in [0.25, 0.3) is 0 Å². The van der Waals surface area contributed by atoms with Gasteiger partial charge in [0.05, 0.1) is 6.10 Å². The fourth-order valence-electron chi connectivity index (χ4n) is 12.4. The van der Waals surface area contributed by atoms with Crippen LogP contribution in [0.3, 0.4) is 0 Å². The molecule has 0 saturated heterocycles. The molecule has 9 atom stereocenters. The maximum Gasteiger partial charge on any atom is 0.446 e. The minimum absolute atomic E-state index is 0.00699. The maximum absolute atomic E-state index is 11.7. The molecule has 6 nitrogen and oxygen atoms in total. The highest BCUT2D eigenvalue weighted by atomic mass is 32.3. The fraction of sp³-hybridized carbons (Fsp3) is 0.778. The van der Waals surface area contributed by atoms with Crippen molar-refractivity contribution in [3.05, 3.63) is 34.9 Å². The topological polar surface area (TPSA) is 104 Å². The van der Waals surface area contributed by atoms with Crippen LogP contribution in [0.1, 0.15) is 124 Å². The van der Waals surface area contributed by atoms with E-state index in [9.17, 15) is 23.2 Å². The van der Waals surface area contributed by atoms with Crippen LogP contribution in [0.4, 0.5) is 0 Å². The van der Waals surface area contributed by atoms with Gasteiger partial charge in [0.25, 0.3) is 0 Å². The Morgan fingerprint density at radius 1 is 0.907 bits per heavy atom. The van der Waals surface area contributed by atoms with Gasteiger partial charge in [0.2, 0.25) is 0 Å². The molecule has 0 bridgehead atoms.